The monoisotopic (exact) mass is 445 g/mol. The van der Waals surface area contributed by atoms with E-state index in [1.807, 2.05) is 0 Å². The molecule has 2 aliphatic heterocycles. The van der Waals surface area contributed by atoms with Gasteiger partial charge in [0.05, 0.1) is 11.4 Å². The van der Waals surface area contributed by atoms with E-state index in [9.17, 15) is 18.0 Å². The van der Waals surface area contributed by atoms with Crippen LogP contribution in [0.2, 0.25) is 10.0 Å². The van der Waals surface area contributed by atoms with Crippen molar-refractivity contribution in [2.24, 2.45) is 11.7 Å². The number of fused-ring (bicyclic) bond motifs is 2. The highest BCUT2D eigenvalue weighted by atomic mass is 35.5. The van der Waals surface area contributed by atoms with Gasteiger partial charge in [-0.05, 0) is 37.5 Å². The van der Waals surface area contributed by atoms with Crippen LogP contribution in [-0.4, -0.2) is 54.6 Å². The van der Waals surface area contributed by atoms with Gasteiger partial charge < -0.3 is 10.6 Å². The number of piperidine rings is 1. The maximum absolute atomic E-state index is 13.5. The number of amides is 2. The summed E-state index contributed by atoms with van der Waals surface area (Å²) in [6.45, 7) is 3.74. The molecule has 2 saturated heterocycles. The Hall–Kier alpha value is -1.61. The van der Waals surface area contributed by atoms with E-state index in [1.165, 1.54) is 27.4 Å². The molecule has 1 aromatic carbocycles. The lowest BCUT2D eigenvalue weighted by atomic mass is 9.90. The molecule has 2 amide bonds. The fourth-order valence-electron chi connectivity index (χ4n) is 4.03. The van der Waals surface area contributed by atoms with Crippen molar-refractivity contribution in [2.75, 3.05) is 13.1 Å². The summed E-state index contributed by atoms with van der Waals surface area (Å²) in [4.78, 5) is 25.8. The highest BCUT2D eigenvalue weighted by Gasteiger charge is 2.49. The zero-order chi connectivity index (χ0) is 20.6. The molecule has 2 bridgehead atoms. The van der Waals surface area contributed by atoms with E-state index < -0.39 is 33.9 Å². The number of hydrogen-bond donors (Lipinski definition) is 1. The maximum Gasteiger partial charge on any atom is 0.244 e. The molecule has 28 heavy (non-hydrogen) atoms. The van der Waals surface area contributed by atoms with Crippen LogP contribution in [0.5, 0.6) is 0 Å². The third kappa shape index (κ3) is 3.91. The Kier molecular flexibility index (Phi) is 6.05. The molecular formula is C18H21Cl2N3O4S. The molecule has 3 rings (SSSR count). The van der Waals surface area contributed by atoms with E-state index >= 15 is 0 Å². The minimum absolute atomic E-state index is 0.0686. The Bertz CT molecular complexity index is 901. The standard InChI is InChI=1S/C18H21Cl2N3O4S/c1-2-11-9-22(10-17(21)24)18(25)16-5-3-4-15(11)23(16)28(26,27)14-7-12(19)6-13(20)8-14/h2,6-8,11,15-16H,1,3-5,9-10H2,(H2,21,24)/t11-,15+,16-/m0/s1. The van der Waals surface area contributed by atoms with Gasteiger partial charge in [0.2, 0.25) is 21.8 Å². The number of rotatable bonds is 5. The fraction of sp³-hybridized carbons (Fsp3) is 0.444. The predicted molar refractivity (Wildman–Crippen MR) is 106 cm³/mol. The van der Waals surface area contributed by atoms with E-state index in [0.717, 1.165) is 0 Å². The quantitative estimate of drug-likeness (QED) is 0.700. The Labute approximate surface area is 174 Å². The fourth-order valence-corrected chi connectivity index (χ4v) is 6.62. The van der Waals surface area contributed by atoms with Crippen molar-refractivity contribution in [1.29, 1.82) is 0 Å². The SMILES string of the molecule is C=C[C@H]1CN(CC(N)=O)C(=O)[C@@H]2CCC[C@H]1N2S(=O)(=O)c1cc(Cl)cc(Cl)c1. The normalized spacial score (nSPS) is 26.0. The number of carbonyl (C=O) groups excluding carboxylic acids is 2. The molecule has 0 saturated carbocycles. The van der Waals surface area contributed by atoms with Gasteiger partial charge in [-0.25, -0.2) is 8.42 Å². The van der Waals surface area contributed by atoms with Crippen LogP contribution in [0.3, 0.4) is 0 Å². The van der Waals surface area contributed by atoms with Crippen molar-refractivity contribution in [3.8, 4) is 0 Å². The number of nitrogens with zero attached hydrogens (tertiary/aromatic N) is 2. The Morgan fingerprint density at radius 1 is 1.25 bits per heavy atom. The lowest BCUT2D eigenvalue weighted by molar-refractivity contribution is -0.138. The number of primary amides is 1. The van der Waals surface area contributed by atoms with Gasteiger partial charge in [0.1, 0.15) is 6.04 Å². The average molecular weight is 446 g/mol. The lowest BCUT2D eigenvalue weighted by Crippen LogP contribution is -2.55. The van der Waals surface area contributed by atoms with Crippen LogP contribution in [0.15, 0.2) is 35.7 Å². The Balaban J connectivity index is 2.11. The molecule has 2 fully saturated rings. The van der Waals surface area contributed by atoms with Gasteiger partial charge in [-0.3, -0.25) is 9.59 Å². The van der Waals surface area contributed by atoms with Crippen LogP contribution in [0.25, 0.3) is 0 Å². The zero-order valence-corrected chi connectivity index (χ0v) is 17.4. The van der Waals surface area contributed by atoms with E-state index in [2.05, 4.69) is 6.58 Å². The number of halogens is 2. The summed E-state index contributed by atoms with van der Waals surface area (Å²) < 4.78 is 28.3. The van der Waals surface area contributed by atoms with Crippen molar-refractivity contribution in [3.63, 3.8) is 0 Å². The van der Waals surface area contributed by atoms with Crippen molar-refractivity contribution < 1.29 is 18.0 Å². The lowest BCUT2D eigenvalue weighted by Gasteiger charge is -2.40. The molecule has 0 unspecified atom stereocenters. The van der Waals surface area contributed by atoms with Gasteiger partial charge in [-0.2, -0.15) is 4.31 Å². The first-order chi connectivity index (χ1) is 13.1. The topological polar surface area (TPSA) is 101 Å². The minimum atomic E-state index is -4.06. The predicted octanol–water partition coefficient (Wildman–Crippen LogP) is 2.03. The van der Waals surface area contributed by atoms with E-state index in [4.69, 9.17) is 28.9 Å². The van der Waals surface area contributed by atoms with Crippen LogP contribution in [-0.2, 0) is 19.6 Å². The molecule has 3 atom stereocenters. The van der Waals surface area contributed by atoms with Crippen LogP contribution in [0.1, 0.15) is 19.3 Å². The van der Waals surface area contributed by atoms with Crippen molar-refractivity contribution in [2.45, 2.75) is 36.2 Å². The summed E-state index contributed by atoms with van der Waals surface area (Å²) in [7, 11) is -4.06. The average Bonchev–Trinajstić information content (AvgIpc) is 2.68. The van der Waals surface area contributed by atoms with Crippen molar-refractivity contribution >= 4 is 45.0 Å². The molecule has 0 spiro atoms. The zero-order valence-electron chi connectivity index (χ0n) is 15.1. The number of nitrogens with two attached hydrogens (primary N) is 1. The number of hydrogen-bond acceptors (Lipinski definition) is 4. The van der Waals surface area contributed by atoms with Crippen LogP contribution in [0, 0.1) is 5.92 Å². The maximum atomic E-state index is 13.5. The van der Waals surface area contributed by atoms with Gasteiger partial charge in [-0.15, -0.1) is 6.58 Å². The van der Waals surface area contributed by atoms with Crippen LogP contribution < -0.4 is 5.73 Å². The van der Waals surface area contributed by atoms with E-state index in [-0.39, 0.29) is 33.9 Å². The highest BCUT2D eigenvalue weighted by molar-refractivity contribution is 7.89. The second-order valence-corrected chi connectivity index (χ2v) is 9.75. The third-order valence-electron chi connectivity index (χ3n) is 5.19. The molecule has 0 aliphatic carbocycles. The first kappa shape index (κ1) is 21.1. The van der Waals surface area contributed by atoms with Gasteiger partial charge in [0, 0.05) is 28.5 Å². The molecule has 0 radical (unpaired) electrons. The van der Waals surface area contributed by atoms with E-state index in [1.54, 1.807) is 6.08 Å². The number of carbonyl (C=O) groups is 2. The molecule has 2 aliphatic rings. The summed E-state index contributed by atoms with van der Waals surface area (Å²) in [5, 5.41) is 0.376. The number of sulfonamides is 1. The Morgan fingerprint density at radius 2 is 1.89 bits per heavy atom. The van der Waals surface area contributed by atoms with Crippen LogP contribution >= 0.6 is 23.2 Å². The smallest absolute Gasteiger partial charge is 0.244 e. The summed E-state index contributed by atoms with van der Waals surface area (Å²) >= 11 is 12.0. The van der Waals surface area contributed by atoms with Crippen LogP contribution in [0.4, 0.5) is 0 Å². The highest BCUT2D eigenvalue weighted by Crippen LogP contribution is 2.38. The Morgan fingerprint density at radius 3 is 2.46 bits per heavy atom. The van der Waals surface area contributed by atoms with Crippen molar-refractivity contribution in [3.05, 3.63) is 40.9 Å². The first-order valence-corrected chi connectivity index (χ1v) is 11.0. The van der Waals surface area contributed by atoms with Gasteiger partial charge >= 0.3 is 0 Å². The van der Waals surface area contributed by atoms with Gasteiger partial charge in [0.15, 0.2) is 0 Å². The summed E-state index contributed by atoms with van der Waals surface area (Å²) in [6, 6.07) is 2.71. The van der Waals surface area contributed by atoms with Crippen molar-refractivity contribution in [1.82, 2.24) is 9.21 Å². The molecule has 152 valence electrons. The summed E-state index contributed by atoms with van der Waals surface area (Å²) in [5.74, 6) is -1.41. The first-order valence-electron chi connectivity index (χ1n) is 8.84. The molecule has 0 aromatic heterocycles. The molecule has 10 heteroatoms. The molecule has 2 N–H and O–H groups in total. The summed E-state index contributed by atoms with van der Waals surface area (Å²) in [6.07, 6.45) is 3.27. The molecule has 1 aromatic rings. The molecule has 7 nitrogen and oxygen atoms in total. The largest absolute Gasteiger partial charge is 0.368 e. The third-order valence-corrected chi connectivity index (χ3v) is 7.54. The molecular weight excluding hydrogens is 425 g/mol. The van der Waals surface area contributed by atoms with Gasteiger partial charge in [-0.1, -0.05) is 29.3 Å². The second kappa shape index (κ2) is 8.02. The number of benzene rings is 1. The van der Waals surface area contributed by atoms with Gasteiger partial charge in [0.25, 0.3) is 0 Å². The second-order valence-electron chi connectivity index (χ2n) is 7.04. The molecule has 2 heterocycles. The minimum Gasteiger partial charge on any atom is -0.368 e. The summed E-state index contributed by atoms with van der Waals surface area (Å²) in [5.41, 5.74) is 5.29. The van der Waals surface area contributed by atoms with E-state index in [0.29, 0.717) is 19.3 Å².